The summed E-state index contributed by atoms with van der Waals surface area (Å²) in [6.45, 7) is 5.95. The van der Waals surface area contributed by atoms with Gasteiger partial charge in [0.15, 0.2) is 0 Å². The monoisotopic (exact) mass is 273 g/mol. The Morgan fingerprint density at radius 3 is 2.75 bits per heavy atom. The normalized spacial score (nSPS) is 12.3. The van der Waals surface area contributed by atoms with Gasteiger partial charge in [-0.2, -0.15) is 5.10 Å². The number of hydrogen-bond donors (Lipinski definition) is 1. The number of ether oxygens (including phenoxy) is 1. The van der Waals surface area contributed by atoms with Crippen molar-refractivity contribution in [3.05, 3.63) is 47.8 Å². The molecule has 1 N–H and O–H groups in total. The molecule has 1 atom stereocenters. The van der Waals surface area contributed by atoms with Gasteiger partial charge in [-0.25, -0.2) is 0 Å². The Bertz CT molecular complexity index is 536. The highest BCUT2D eigenvalue weighted by atomic mass is 16.5. The highest BCUT2D eigenvalue weighted by Gasteiger charge is 2.16. The van der Waals surface area contributed by atoms with Crippen LogP contribution in [0, 0.1) is 6.92 Å². The molecule has 0 radical (unpaired) electrons. The van der Waals surface area contributed by atoms with Crippen LogP contribution in [0.2, 0.25) is 0 Å². The van der Waals surface area contributed by atoms with Crippen molar-refractivity contribution in [3.8, 4) is 5.75 Å². The molecule has 0 spiro atoms. The maximum Gasteiger partial charge on any atom is 0.123 e. The van der Waals surface area contributed by atoms with Gasteiger partial charge in [-0.15, -0.1) is 0 Å². The minimum atomic E-state index is 0.199. The quantitative estimate of drug-likeness (QED) is 0.843. The molecule has 1 aromatic carbocycles. The van der Waals surface area contributed by atoms with Crippen LogP contribution in [0.5, 0.6) is 5.75 Å². The molecule has 1 unspecified atom stereocenters. The van der Waals surface area contributed by atoms with Crippen LogP contribution in [0.3, 0.4) is 0 Å². The second-order valence-electron chi connectivity index (χ2n) is 4.93. The zero-order valence-electron chi connectivity index (χ0n) is 12.5. The summed E-state index contributed by atoms with van der Waals surface area (Å²) < 4.78 is 7.46. The number of hydrogen-bond acceptors (Lipinski definition) is 3. The largest absolute Gasteiger partial charge is 0.496 e. The van der Waals surface area contributed by atoms with Gasteiger partial charge in [-0.05, 0) is 32.0 Å². The van der Waals surface area contributed by atoms with Crippen molar-refractivity contribution >= 4 is 0 Å². The molecule has 108 valence electrons. The number of rotatable bonds is 7. The van der Waals surface area contributed by atoms with E-state index in [-0.39, 0.29) is 6.04 Å². The van der Waals surface area contributed by atoms with E-state index in [2.05, 4.69) is 23.4 Å². The summed E-state index contributed by atoms with van der Waals surface area (Å²) >= 11 is 0. The number of aromatic nitrogens is 2. The third-order valence-electron chi connectivity index (χ3n) is 3.30. The predicted octanol–water partition coefficient (Wildman–Crippen LogP) is 2.94. The van der Waals surface area contributed by atoms with Crippen molar-refractivity contribution in [2.75, 3.05) is 13.7 Å². The van der Waals surface area contributed by atoms with Gasteiger partial charge in [0.1, 0.15) is 5.75 Å². The molecular weight excluding hydrogens is 250 g/mol. The van der Waals surface area contributed by atoms with E-state index in [4.69, 9.17) is 4.74 Å². The Morgan fingerprint density at radius 2 is 2.10 bits per heavy atom. The average Bonchev–Trinajstić information content (AvgIpc) is 2.88. The molecule has 0 saturated heterocycles. The molecule has 1 heterocycles. The van der Waals surface area contributed by atoms with E-state index in [0.717, 1.165) is 31.0 Å². The number of nitrogens with one attached hydrogen (secondary N) is 1. The minimum Gasteiger partial charge on any atom is -0.496 e. The third-order valence-corrected chi connectivity index (χ3v) is 3.30. The van der Waals surface area contributed by atoms with Crippen LogP contribution in [-0.4, -0.2) is 23.4 Å². The molecule has 2 rings (SSSR count). The minimum absolute atomic E-state index is 0.199. The molecular formula is C16H23N3O. The van der Waals surface area contributed by atoms with Crippen molar-refractivity contribution in [1.29, 1.82) is 0 Å². The van der Waals surface area contributed by atoms with E-state index in [9.17, 15) is 0 Å². The first-order valence-corrected chi connectivity index (χ1v) is 7.11. The smallest absolute Gasteiger partial charge is 0.123 e. The lowest BCUT2D eigenvalue weighted by atomic mass is 10.1. The molecule has 1 aromatic heterocycles. The highest BCUT2D eigenvalue weighted by molar-refractivity contribution is 5.35. The number of methoxy groups -OCH3 is 1. The summed E-state index contributed by atoms with van der Waals surface area (Å²) in [5.74, 6) is 0.921. The molecule has 2 aromatic rings. The van der Waals surface area contributed by atoms with Gasteiger partial charge in [-0.1, -0.05) is 25.1 Å². The van der Waals surface area contributed by atoms with Gasteiger partial charge in [-0.3, -0.25) is 4.68 Å². The molecule has 0 saturated carbocycles. The molecule has 0 aliphatic rings. The maximum absolute atomic E-state index is 5.48. The van der Waals surface area contributed by atoms with E-state index in [1.165, 1.54) is 5.56 Å². The maximum atomic E-state index is 5.48. The van der Waals surface area contributed by atoms with Crippen LogP contribution in [0.4, 0.5) is 0 Å². The van der Waals surface area contributed by atoms with Crippen LogP contribution in [0.1, 0.15) is 30.6 Å². The zero-order valence-corrected chi connectivity index (χ0v) is 12.5. The number of aryl methyl sites for hydroxylation is 1. The van der Waals surface area contributed by atoms with Gasteiger partial charge in [0.25, 0.3) is 0 Å². The Balaban J connectivity index is 2.22. The van der Waals surface area contributed by atoms with E-state index >= 15 is 0 Å². The van der Waals surface area contributed by atoms with Crippen LogP contribution in [0.15, 0.2) is 36.5 Å². The van der Waals surface area contributed by atoms with Gasteiger partial charge in [0, 0.05) is 11.8 Å². The van der Waals surface area contributed by atoms with Crippen LogP contribution < -0.4 is 10.1 Å². The standard InChI is InChI=1S/C16H23N3O/c1-4-10-17-15(12-19-11-9-13(2)18-19)14-7-5-6-8-16(14)20-3/h5-9,11,15,17H,4,10,12H2,1-3H3. The van der Waals surface area contributed by atoms with Gasteiger partial charge >= 0.3 is 0 Å². The van der Waals surface area contributed by atoms with Gasteiger partial charge in [0.2, 0.25) is 0 Å². The first-order chi connectivity index (χ1) is 9.74. The van der Waals surface area contributed by atoms with Crippen LogP contribution in [-0.2, 0) is 6.54 Å². The molecule has 0 aliphatic heterocycles. The summed E-state index contributed by atoms with van der Waals surface area (Å²) in [6.07, 6.45) is 3.12. The second-order valence-corrected chi connectivity index (χ2v) is 4.93. The highest BCUT2D eigenvalue weighted by Crippen LogP contribution is 2.25. The summed E-state index contributed by atoms with van der Waals surface area (Å²) in [5.41, 5.74) is 2.22. The van der Waals surface area contributed by atoms with E-state index < -0.39 is 0 Å². The summed E-state index contributed by atoms with van der Waals surface area (Å²) in [7, 11) is 1.72. The SMILES string of the molecule is CCCNC(Cn1ccc(C)n1)c1ccccc1OC. The second kappa shape index (κ2) is 7.10. The first kappa shape index (κ1) is 14.6. The molecule has 4 nitrogen and oxygen atoms in total. The van der Waals surface area contributed by atoms with Gasteiger partial charge in [0.05, 0.1) is 25.4 Å². The Kier molecular flexibility index (Phi) is 5.18. The number of nitrogens with zero attached hydrogens (tertiary/aromatic N) is 2. The topological polar surface area (TPSA) is 39.1 Å². The lowest BCUT2D eigenvalue weighted by Gasteiger charge is -2.21. The molecule has 0 aliphatic carbocycles. The summed E-state index contributed by atoms with van der Waals surface area (Å²) in [4.78, 5) is 0. The van der Waals surface area contributed by atoms with Crippen LogP contribution >= 0.6 is 0 Å². The number of para-hydroxylation sites is 1. The average molecular weight is 273 g/mol. The Labute approximate surface area is 120 Å². The zero-order chi connectivity index (χ0) is 14.4. The molecule has 0 fully saturated rings. The van der Waals surface area contributed by atoms with E-state index in [1.807, 2.05) is 42.1 Å². The van der Waals surface area contributed by atoms with E-state index in [1.54, 1.807) is 7.11 Å². The van der Waals surface area contributed by atoms with Crippen molar-refractivity contribution in [3.63, 3.8) is 0 Å². The van der Waals surface area contributed by atoms with Crippen LogP contribution in [0.25, 0.3) is 0 Å². The fraction of sp³-hybridized carbons (Fsp3) is 0.438. The fourth-order valence-electron chi connectivity index (χ4n) is 2.30. The fourth-order valence-corrected chi connectivity index (χ4v) is 2.30. The molecule has 0 bridgehead atoms. The van der Waals surface area contributed by atoms with Gasteiger partial charge < -0.3 is 10.1 Å². The summed E-state index contributed by atoms with van der Waals surface area (Å²) in [6, 6.07) is 10.4. The van der Waals surface area contributed by atoms with E-state index in [0.29, 0.717) is 0 Å². The Hall–Kier alpha value is -1.81. The summed E-state index contributed by atoms with van der Waals surface area (Å²) in [5, 5.41) is 8.05. The lowest BCUT2D eigenvalue weighted by Crippen LogP contribution is -2.27. The first-order valence-electron chi connectivity index (χ1n) is 7.11. The van der Waals surface area contributed by atoms with Crippen molar-refractivity contribution in [2.45, 2.75) is 32.9 Å². The lowest BCUT2D eigenvalue weighted by molar-refractivity contribution is 0.383. The molecule has 0 amide bonds. The van der Waals surface area contributed by atoms with Crippen molar-refractivity contribution < 1.29 is 4.74 Å². The molecule has 4 heteroatoms. The third kappa shape index (κ3) is 3.61. The Morgan fingerprint density at radius 1 is 1.30 bits per heavy atom. The predicted molar refractivity (Wildman–Crippen MR) is 81.0 cm³/mol. The van der Waals surface area contributed by atoms with Crippen molar-refractivity contribution in [2.24, 2.45) is 0 Å². The molecule has 20 heavy (non-hydrogen) atoms. The number of benzene rings is 1. The van der Waals surface area contributed by atoms with Crippen molar-refractivity contribution in [1.82, 2.24) is 15.1 Å².